The molecule has 5 N–H and O–H groups in total. The summed E-state index contributed by atoms with van der Waals surface area (Å²) in [6.45, 7) is 6.45. The summed E-state index contributed by atoms with van der Waals surface area (Å²) >= 11 is 0. The number of anilines is 2. The molecule has 8 heteroatoms. The lowest BCUT2D eigenvalue weighted by Gasteiger charge is -2.38. The van der Waals surface area contributed by atoms with E-state index in [-0.39, 0.29) is 23.5 Å². The smallest absolute Gasteiger partial charge is 0.335 e. The lowest BCUT2D eigenvalue weighted by atomic mass is 9.99. The van der Waals surface area contributed by atoms with Gasteiger partial charge in [0.25, 0.3) is 5.91 Å². The van der Waals surface area contributed by atoms with E-state index in [1.54, 1.807) is 36.4 Å². The fourth-order valence-corrected chi connectivity index (χ4v) is 3.67. The number of hydrogen-bond acceptors (Lipinski definition) is 4. The first-order valence-electron chi connectivity index (χ1n) is 9.89. The van der Waals surface area contributed by atoms with Crippen molar-refractivity contribution in [2.45, 2.75) is 19.9 Å². The summed E-state index contributed by atoms with van der Waals surface area (Å²) in [5, 5.41) is 20.3. The second kappa shape index (κ2) is 8.96. The maximum absolute atomic E-state index is 13.1. The molecule has 0 saturated carbocycles. The predicted molar refractivity (Wildman–Crippen MR) is 116 cm³/mol. The molecule has 8 nitrogen and oxygen atoms in total. The van der Waals surface area contributed by atoms with E-state index in [1.807, 2.05) is 4.90 Å². The largest absolute Gasteiger partial charge is 0.478 e. The highest BCUT2D eigenvalue weighted by atomic mass is 16.4. The fourth-order valence-electron chi connectivity index (χ4n) is 3.67. The number of benzene rings is 2. The van der Waals surface area contributed by atoms with Crippen molar-refractivity contribution in [1.82, 2.24) is 10.2 Å². The third-order valence-electron chi connectivity index (χ3n) is 5.30. The van der Waals surface area contributed by atoms with Gasteiger partial charge in [0.2, 0.25) is 0 Å². The van der Waals surface area contributed by atoms with Gasteiger partial charge in [0.15, 0.2) is 5.96 Å². The molecule has 2 aromatic rings. The van der Waals surface area contributed by atoms with E-state index >= 15 is 0 Å². The van der Waals surface area contributed by atoms with Crippen LogP contribution >= 0.6 is 0 Å². The highest BCUT2D eigenvalue weighted by Crippen LogP contribution is 2.26. The quantitative estimate of drug-likeness (QED) is 0.444. The van der Waals surface area contributed by atoms with Gasteiger partial charge >= 0.3 is 5.97 Å². The fraction of sp³-hybridized carbons (Fsp3) is 0.318. The molecule has 3 rings (SSSR count). The Kier molecular flexibility index (Phi) is 6.37. The monoisotopic (exact) mass is 409 g/mol. The molecule has 1 aliphatic heterocycles. The predicted octanol–water partition coefficient (Wildman–Crippen LogP) is 2.49. The van der Waals surface area contributed by atoms with Crippen LogP contribution in [0, 0.1) is 11.3 Å². The minimum atomic E-state index is -1.02. The molecule has 158 valence electrons. The van der Waals surface area contributed by atoms with Crippen LogP contribution in [0.2, 0.25) is 0 Å². The van der Waals surface area contributed by atoms with Gasteiger partial charge in [-0.05, 0) is 54.4 Å². The Balaban J connectivity index is 1.84. The number of hydrogen-bond donors (Lipinski definition) is 4. The number of carbonyl (C=O) groups excluding carboxylic acids is 1. The first-order chi connectivity index (χ1) is 14.3. The van der Waals surface area contributed by atoms with E-state index in [1.165, 1.54) is 17.0 Å². The molecule has 1 unspecified atom stereocenters. The Morgan fingerprint density at radius 3 is 2.10 bits per heavy atom. The highest BCUT2D eigenvalue weighted by Gasteiger charge is 2.29. The molecule has 1 atom stereocenters. The van der Waals surface area contributed by atoms with Gasteiger partial charge in [-0.15, -0.1) is 0 Å². The number of carbonyl (C=O) groups is 2. The summed E-state index contributed by atoms with van der Waals surface area (Å²) in [6, 6.07) is 13.2. The molecule has 1 fully saturated rings. The number of carboxylic acid groups (broad SMARTS) is 1. The zero-order valence-electron chi connectivity index (χ0n) is 17.1. The molecule has 1 heterocycles. The number of nitrogens with two attached hydrogens (primary N) is 1. The van der Waals surface area contributed by atoms with Crippen LogP contribution in [0.4, 0.5) is 11.4 Å². The normalized spacial score (nSPS) is 16.4. The summed E-state index contributed by atoms with van der Waals surface area (Å²) in [5.74, 6) is -0.893. The second-order valence-corrected chi connectivity index (χ2v) is 7.63. The van der Waals surface area contributed by atoms with Crippen LogP contribution in [0.15, 0.2) is 48.5 Å². The zero-order chi connectivity index (χ0) is 21.8. The number of nitrogens with one attached hydrogen (secondary N) is 2. The number of amides is 1. The van der Waals surface area contributed by atoms with Gasteiger partial charge in [-0.25, -0.2) is 4.79 Å². The molecule has 1 aliphatic rings. The summed E-state index contributed by atoms with van der Waals surface area (Å²) < 4.78 is 0. The van der Waals surface area contributed by atoms with Crippen molar-refractivity contribution in [3.63, 3.8) is 0 Å². The molecule has 0 radical (unpaired) electrons. The number of nitrogens with zero attached hydrogens (tertiary/aromatic N) is 2. The summed E-state index contributed by atoms with van der Waals surface area (Å²) in [7, 11) is 0. The highest BCUT2D eigenvalue weighted by molar-refractivity contribution is 6.01. The molecule has 0 aliphatic carbocycles. The molecule has 1 saturated heterocycles. The lowest BCUT2D eigenvalue weighted by molar-refractivity contribution is 0.0573. The molecule has 1 amide bonds. The van der Waals surface area contributed by atoms with E-state index in [4.69, 9.17) is 16.2 Å². The third-order valence-corrected chi connectivity index (χ3v) is 5.30. The van der Waals surface area contributed by atoms with Crippen LogP contribution in [0.5, 0.6) is 0 Å². The Bertz CT molecular complexity index is 925. The molecule has 2 aromatic carbocycles. The van der Waals surface area contributed by atoms with Gasteiger partial charge in [0, 0.05) is 42.6 Å². The Morgan fingerprint density at radius 2 is 1.63 bits per heavy atom. The number of carboxylic acids is 1. The van der Waals surface area contributed by atoms with Crippen molar-refractivity contribution in [3.8, 4) is 0 Å². The van der Waals surface area contributed by atoms with Crippen LogP contribution in [0.1, 0.15) is 34.6 Å². The molecule has 0 bridgehead atoms. The summed E-state index contributed by atoms with van der Waals surface area (Å²) in [4.78, 5) is 27.5. The van der Waals surface area contributed by atoms with E-state index in [9.17, 15) is 9.59 Å². The van der Waals surface area contributed by atoms with Gasteiger partial charge in [-0.1, -0.05) is 13.8 Å². The SMILES string of the molecule is CC(C)C1CNCCN1C(=O)c1ccc(N(C(=N)N)c2ccc(C(=O)O)cc2)cc1. The maximum atomic E-state index is 13.1. The zero-order valence-corrected chi connectivity index (χ0v) is 17.1. The van der Waals surface area contributed by atoms with Crippen LogP contribution in [-0.2, 0) is 0 Å². The third kappa shape index (κ3) is 4.44. The van der Waals surface area contributed by atoms with E-state index in [2.05, 4.69) is 19.2 Å². The number of guanidine groups is 1. The van der Waals surface area contributed by atoms with E-state index in [0.29, 0.717) is 29.4 Å². The minimum Gasteiger partial charge on any atom is -0.478 e. The van der Waals surface area contributed by atoms with Gasteiger partial charge in [-0.3, -0.25) is 15.1 Å². The van der Waals surface area contributed by atoms with Gasteiger partial charge < -0.3 is 21.1 Å². The van der Waals surface area contributed by atoms with E-state index < -0.39 is 5.97 Å². The summed E-state index contributed by atoms with van der Waals surface area (Å²) in [5.41, 5.74) is 7.68. The number of aromatic carboxylic acids is 1. The maximum Gasteiger partial charge on any atom is 0.335 e. The lowest BCUT2D eigenvalue weighted by Crippen LogP contribution is -2.55. The minimum absolute atomic E-state index is 0.0121. The topological polar surface area (TPSA) is 123 Å². The Hall–Kier alpha value is -3.39. The van der Waals surface area contributed by atoms with Crippen molar-refractivity contribution in [2.24, 2.45) is 11.7 Å². The van der Waals surface area contributed by atoms with Gasteiger partial charge in [0.1, 0.15) is 0 Å². The first kappa shape index (κ1) is 21.3. The first-order valence-corrected chi connectivity index (χ1v) is 9.89. The second-order valence-electron chi connectivity index (χ2n) is 7.63. The van der Waals surface area contributed by atoms with Crippen molar-refractivity contribution < 1.29 is 14.7 Å². The van der Waals surface area contributed by atoms with Crippen LogP contribution < -0.4 is 16.0 Å². The molecular weight excluding hydrogens is 382 g/mol. The van der Waals surface area contributed by atoms with Crippen molar-refractivity contribution in [2.75, 3.05) is 24.5 Å². The molecule has 30 heavy (non-hydrogen) atoms. The van der Waals surface area contributed by atoms with Gasteiger partial charge in [-0.2, -0.15) is 0 Å². The van der Waals surface area contributed by atoms with Crippen LogP contribution in [0.3, 0.4) is 0 Å². The van der Waals surface area contributed by atoms with E-state index in [0.717, 1.165) is 13.1 Å². The van der Waals surface area contributed by atoms with Crippen molar-refractivity contribution in [3.05, 3.63) is 59.7 Å². The van der Waals surface area contributed by atoms with Gasteiger partial charge in [0.05, 0.1) is 5.56 Å². The average Bonchev–Trinajstić information content (AvgIpc) is 2.74. The molecular formula is C22H27N5O3. The van der Waals surface area contributed by atoms with Crippen molar-refractivity contribution in [1.29, 1.82) is 5.41 Å². The molecule has 0 aromatic heterocycles. The summed E-state index contributed by atoms with van der Waals surface area (Å²) in [6.07, 6.45) is 0. The number of rotatable bonds is 5. The Morgan fingerprint density at radius 1 is 1.10 bits per heavy atom. The number of piperazine rings is 1. The Labute approximate surface area is 175 Å². The standard InChI is InChI=1S/C22H27N5O3/c1-14(2)19-13-25-11-12-26(19)20(28)15-3-7-17(8-4-15)27(22(23)24)18-9-5-16(6-10-18)21(29)30/h3-10,14,19,25H,11-13H2,1-2H3,(H3,23,24)(H,29,30). The van der Waals surface area contributed by atoms with Crippen molar-refractivity contribution >= 4 is 29.2 Å². The molecule has 0 spiro atoms. The van der Waals surface area contributed by atoms with Crippen LogP contribution in [0.25, 0.3) is 0 Å². The average molecular weight is 409 g/mol. The van der Waals surface area contributed by atoms with Crippen LogP contribution in [-0.4, -0.2) is 53.5 Å².